The highest BCUT2D eigenvalue weighted by Crippen LogP contribution is 2.44. The molecule has 0 atom stereocenters. The molecule has 0 saturated carbocycles. The van der Waals surface area contributed by atoms with E-state index in [0.717, 1.165) is 83.4 Å². The third kappa shape index (κ3) is 5.48. The molecule has 0 aliphatic rings. The summed E-state index contributed by atoms with van der Waals surface area (Å²) in [6, 6.07) is 61.7. The first-order valence-electron chi connectivity index (χ1n) is 18.7. The number of para-hydroxylation sites is 1. The second-order valence-corrected chi connectivity index (χ2v) is 15.0. The van der Waals surface area contributed by atoms with E-state index < -0.39 is 0 Å². The van der Waals surface area contributed by atoms with Gasteiger partial charge in [0, 0.05) is 71.2 Å². The summed E-state index contributed by atoms with van der Waals surface area (Å²) in [6.07, 6.45) is 3.68. The fourth-order valence-electron chi connectivity index (χ4n) is 7.93. The topological polar surface area (TPSA) is 51.8 Å². The molecule has 56 heavy (non-hydrogen) atoms. The van der Waals surface area contributed by atoms with Crippen molar-refractivity contribution < 1.29 is 4.42 Å². The third-order valence-electron chi connectivity index (χ3n) is 10.6. The molecule has 0 amide bonds. The van der Waals surface area contributed by atoms with E-state index in [4.69, 9.17) is 14.4 Å². The van der Waals surface area contributed by atoms with E-state index in [1.165, 1.54) is 20.2 Å². The number of nitrogens with zero attached hydrogens (tertiary/aromatic N) is 3. The molecule has 0 fully saturated rings. The lowest BCUT2D eigenvalue weighted by molar-refractivity contribution is 0.670. The van der Waals surface area contributed by atoms with E-state index in [9.17, 15) is 0 Å². The van der Waals surface area contributed by atoms with Crippen molar-refractivity contribution in [1.82, 2.24) is 15.0 Å². The van der Waals surface area contributed by atoms with Gasteiger partial charge in [-0.1, -0.05) is 140 Å². The second-order valence-electron chi connectivity index (χ2n) is 14.0. The first kappa shape index (κ1) is 32.2. The summed E-state index contributed by atoms with van der Waals surface area (Å²) >= 11 is 1.84. The Labute approximate surface area is 327 Å². The summed E-state index contributed by atoms with van der Waals surface area (Å²) in [4.78, 5) is 14.7. The third-order valence-corrected chi connectivity index (χ3v) is 11.8. The van der Waals surface area contributed by atoms with Crippen molar-refractivity contribution in [2.45, 2.75) is 0 Å². The Morgan fingerprint density at radius 3 is 1.88 bits per heavy atom. The molecule has 7 aromatic carbocycles. The van der Waals surface area contributed by atoms with Gasteiger partial charge in [-0.2, -0.15) is 0 Å². The minimum atomic E-state index is 0.667. The van der Waals surface area contributed by atoms with Crippen LogP contribution >= 0.6 is 11.3 Å². The first-order chi connectivity index (χ1) is 27.7. The molecule has 4 heterocycles. The Kier molecular flexibility index (Phi) is 7.64. The zero-order valence-corrected chi connectivity index (χ0v) is 30.9. The van der Waals surface area contributed by atoms with E-state index in [1.54, 1.807) is 6.20 Å². The lowest BCUT2D eigenvalue weighted by Gasteiger charge is -2.13. The van der Waals surface area contributed by atoms with E-state index in [0.29, 0.717) is 5.82 Å². The van der Waals surface area contributed by atoms with E-state index >= 15 is 0 Å². The zero-order valence-electron chi connectivity index (χ0n) is 30.1. The zero-order chi connectivity index (χ0) is 37.0. The molecule has 4 aromatic heterocycles. The van der Waals surface area contributed by atoms with Gasteiger partial charge in [0.2, 0.25) is 0 Å². The molecule has 0 unspecified atom stereocenters. The fraction of sp³-hybridized carbons (Fsp3) is 0. The molecular weight excluding hydrogens is 703 g/mol. The van der Waals surface area contributed by atoms with Gasteiger partial charge in [0.25, 0.3) is 0 Å². The molecule has 11 aromatic rings. The van der Waals surface area contributed by atoms with E-state index in [1.807, 2.05) is 60.0 Å². The predicted molar refractivity (Wildman–Crippen MR) is 233 cm³/mol. The number of hydrogen-bond donors (Lipinski definition) is 0. The summed E-state index contributed by atoms with van der Waals surface area (Å²) in [6.45, 7) is 0. The Bertz CT molecular complexity index is 3240. The Balaban J connectivity index is 1.03. The van der Waals surface area contributed by atoms with Crippen molar-refractivity contribution in [3.05, 3.63) is 188 Å². The van der Waals surface area contributed by atoms with Gasteiger partial charge < -0.3 is 4.42 Å². The van der Waals surface area contributed by atoms with Gasteiger partial charge in [-0.3, -0.25) is 4.98 Å². The molecule has 0 aliphatic heterocycles. The number of benzene rings is 7. The summed E-state index contributed by atoms with van der Waals surface area (Å²) in [7, 11) is 0. The largest absolute Gasteiger partial charge is 0.455 e. The van der Waals surface area contributed by atoms with Crippen molar-refractivity contribution in [3.8, 4) is 67.3 Å². The number of aromatic nitrogens is 3. The molecule has 0 bridgehead atoms. The van der Waals surface area contributed by atoms with Gasteiger partial charge in [-0.15, -0.1) is 11.3 Å². The molecule has 0 radical (unpaired) electrons. The van der Waals surface area contributed by atoms with Crippen LogP contribution in [0.25, 0.3) is 109 Å². The number of fused-ring (bicyclic) bond motifs is 6. The SMILES string of the molecule is c1ccc(-c2cc(-c3ccc(-c4ccc(-c5ccc6c(c5)sc5ccccc56)c5oc6ccccc6c45)cc3)nc(-c3ccccc3-c3cccnc3)n2)cc1. The van der Waals surface area contributed by atoms with E-state index in [2.05, 4.69) is 138 Å². The predicted octanol–water partition coefficient (Wildman–Crippen LogP) is 14.1. The van der Waals surface area contributed by atoms with Crippen LogP contribution in [0, 0.1) is 0 Å². The molecule has 0 aliphatic carbocycles. The molecule has 5 heteroatoms. The molecule has 0 saturated heterocycles. The van der Waals surface area contributed by atoms with Gasteiger partial charge >= 0.3 is 0 Å². The smallest absolute Gasteiger partial charge is 0.161 e. The molecule has 262 valence electrons. The van der Waals surface area contributed by atoms with Crippen LogP contribution in [0.2, 0.25) is 0 Å². The maximum absolute atomic E-state index is 6.70. The van der Waals surface area contributed by atoms with Crippen molar-refractivity contribution >= 4 is 53.4 Å². The van der Waals surface area contributed by atoms with Crippen molar-refractivity contribution in [1.29, 1.82) is 0 Å². The van der Waals surface area contributed by atoms with Crippen LogP contribution in [0.4, 0.5) is 0 Å². The standard InChI is InChI=1S/C51H31N3OS/c1-2-11-33(12-3-1)44-30-45(54-51(53-44)42-16-5-4-14-37(42)36-13-10-28-52-31-36)34-22-20-32(21-23-34)38-26-27-39(50-49(38)43-17-6-8-18-46(43)55-50)35-24-25-41-40-15-7-9-19-47(40)56-48(41)29-35/h1-31H. The number of furan rings is 1. The molecule has 4 nitrogen and oxygen atoms in total. The maximum Gasteiger partial charge on any atom is 0.161 e. The Morgan fingerprint density at radius 2 is 1.05 bits per heavy atom. The molecular formula is C51H31N3OS. The van der Waals surface area contributed by atoms with Gasteiger partial charge in [0.05, 0.1) is 11.4 Å². The number of thiophene rings is 1. The van der Waals surface area contributed by atoms with Crippen LogP contribution in [0.1, 0.15) is 0 Å². The monoisotopic (exact) mass is 733 g/mol. The normalized spacial score (nSPS) is 11.6. The van der Waals surface area contributed by atoms with Gasteiger partial charge in [0.1, 0.15) is 11.2 Å². The van der Waals surface area contributed by atoms with Crippen LogP contribution in [-0.2, 0) is 0 Å². The Hall–Kier alpha value is -7.21. The van der Waals surface area contributed by atoms with Crippen LogP contribution < -0.4 is 0 Å². The lowest BCUT2D eigenvalue weighted by atomic mass is 9.93. The van der Waals surface area contributed by atoms with Crippen LogP contribution in [0.3, 0.4) is 0 Å². The number of hydrogen-bond acceptors (Lipinski definition) is 5. The highest BCUT2D eigenvalue weighted by atomic mass is 32.1. The van der Waals surface area contributed by atoms with Crippen LogP contribution in [-0.4, -0.2) is 15.0 Å². The highest BCUT2D eigenvalue weighted by molar-refractivity contribution is 7.25. The van der Waals surface area contributed by atoms with Crippen molar-refractivity contribution in [3.63, 3.8) is 0 Å². The van der Waals surface area contributed by atoms with Crippen molar-refractivity contribution in [2.24, 2.45) is 0 Å². The maximum atomic E-state index is 6.70. The van der Waals surface area contributed by atoms with Crippen molar-refractivity contribution in [2.75, 3.05) is 0 Å². The molecule has 0 N–H and O–H groups in total. The molecule has 0 spiro atoms. The highest BCUT2D eigenvalue weighted by Gasteiger charge is 2.19. The van der Waals surface area contributed by atoms with Crippen LogP contribution in [0.15, 0.2) is 193 Å². The summed E-state index contributed by atoms with van der Waals surface area (Å²) in [5, 5.41) is 4.81. The van der Waals surface area contributed by atoms with Gasteiger partial charge in [0.15, 0.2) is 5.82 Å². The average molecular weight is 734 g/mol. The second kappa shape index (κ2) is 13.3. The summed E-state index contributed by atoms with van der Waals surface area (Å²) in [5.41, 5.74) is 13.0. The average Bonchev–Trinajstić information content (AvgIpc) is 3.85. The van der Waals surface area contributed by atoms with Crippen LogP contribution in [0.5, 0.6) is 0 Å². The van der Waals surface area contributed by atoms with Gasteiger partial charge in [-0.05, 0) is 58.7 Å². The number of rotatable bonds is 6. The minimum Gasteiger partial charge on any atom is -0.455 e. The fourth-order valence-corrected chi connectivity index (χ4v) is 9.08. The number of pyridine rings is 1. The lowest BCUT2D eigenvalue weighted by Crippen LogP contribution is -1.97. The van der Waals surface area contributed by atoms with Gasteiger partial charge in [-0.25, -0.2) is 9.97 Å². The quantitative estimate of drug-likeness (QED) is 0.171. The Morgan fingerprint density at radius 1 is 0.411 bits per heavy atom. The first-order valence-corrected chi connectivity index (χ1v) is 19.5. The van der Waals surface area contributed by atoms with E-state index in [-0.39, 0.29) is 0 Å². The summed E-state index contributed by atoms with van der Waals surface area (Å²) in [5.74, 6) is 0.667. The summed E-state index contributed by atoms with van der Waals surface area (Å²) < 4.78 is 9.28. The minimum absolute atomic E-state index is 0.667. The molecule has 11 rings (SSSR count).